The van der Waals surface area contributed by atoms with Gasteiger partial charge in [0.25, 0.3) is 0 Å². The van der Waals surface area contributed by atoms with Crippen LogP contribution >= 0.6 is 0 Å². The van der Waals surface area contributed by atoms with Crippen molar-refractivity contribution in [1.82, 2.24) is 0 Å². The first-order valence-corrected chi connectivity index (χ1v) is 11.6. The van der Waals surface area contributed by atoms with Gasteiger partial charge in [-0.1, -0.05) is 42.0 Å². The molecule has 6 aromatic rings. The van der Waals surface area contributed by atoms with Crippen molar-refractivity contribution in [3.63, 3.8) is 0 Å². The molecule has 1 aliphatic heterocycles. The average molecular weight is 452 g/mol. The van der Waals surface area contributed by atoms with Gasteiger partial charge >= 0.3 is 5.63 Å². The number of allylic oxidation sites excluding steroid dienone is 1. The first-order chi connectivity index (χ1) is 17.2. The maximum absolute atomic E-state index is 13.4. The van der Waals surface area contributed by atoms with Crippen molar-refractivity contribution in [2.45, 2.75) is 25.0 Å². The first kappa shape index (κ1) is 17.9. The topological polar surface area (TPSA) is 76.9 Å². The van der Waals surface area contributed by atoms with E-state index in [0.29, 0.717) is 21.7 Å². The predicted molar refractivity (Wildman–Crippen MR) is 131 cm³/mol. The number of ketones is 1. The summed E-state index contributed by atoms with van der Waals surface area (Å²) in [6.07, 6.45) is 1.48. The van der Waals surface area contributed by atoms with E-state index in [2.05, 4.69) is 24.3 Å². The molecule has 0 bridgehead atoms. The molecule has 0 N–H and O–H groups in total. The predicted octanol–water partition coefficient (Wildman–Crippen LogP) is 4.18. The first-order valence-electron chi connectivity index (χ1n) is 11.6. The molecule has 3 aliphatic rings. The molecule has 5 heteroatoms. The van der Waals surface area contributed by atoms with Crippen LogP contribution in [0, 0.1) is 12.1 Å². The van der Waals surface area contributed by atoms with Gasteiger partial charge in [-0.3, -0.25) is 4.79 Å². The summed E-state index contributed by atoms with van der Waals surface area (Å²) in [6, 6.07) is 18.1. The van der Waals surface area contributed by atoms with Gasteiger partial charge in [0, 0.05) is 26.9 Å². The van der Waals surface area contributed by atoms with Crippen molar-refractivity contribution in [3.8, 4) is 0 Å². The number of carbonyl (C=O) groups excluding carboxylic acids is 2. The standard InChI is InChI=1S/C30H12O5/c31-11-21-17-7-3-13-14-4-8-18-22(12-1-2-12)28-29(35-28)27(32)19-9-5-15(24(14)26(18)19)16-6-10-20(30(33)34-21)25(17)23(13)16/h3-4,6-8,10,28-29H,1-2H2. The number of carbonyl (C=O) groups is 1. The Balaban J connectivity index is 1.58. The number of ether oxygens (including phenoxy) is 1. The van der Waals surface area contributed by atoms with Crippen molar-refractivity contribution in [1.29, 1.82) is 0 Å². The lowest BCUT2D eigenvalue weighted by molar-refractivity contribution is 0.0955. The summed E-state index contributed by atoms with van der Waals surface area (Å²) in [7, 11) is 0. The normalized spacial score (nSPS) is 20.6. The number of Topliss-reactive ketones (excluding diaryl/α,β-unsaturated/α-hetero) is 1. The van der Waals surface area contributed by atoms with E-state index in [-0.39, 0.29) is 17.3 Å². The summed E-state index contributed by atoms with van der Waals surface area (Å²) in [6.45, 7) is 0. The Morgan fingerprint density at radius 1 is 0.771 bits per heavy atom. The lowest BCUT2D eigenvalue weighted by atomic mass is 9.85. The van der Waals surface area contributed by atoms with Crippen LogP contribution < -0.4 is 11.0 Å². The Morgan fingerprint density at radius 2 is 1.49 bits per heavy atom. The molecule has 2 heterocycles. The van der Waals surface area contributed by atoms with Crippen LogP contribution in [0.5, 0.6) is 0 Å². The second-order valence-corrected chi connectivity index (χ2v) is 9.66. The van der Waals surface area contributed by atoms with E-state index in [1.54, 1.807) is 12.0 Å². The third-order valence-corrected chi connectivity index (χ3v) is 7.94. The van der Waals surface area contributed by atoms with E-state index in [0.717, 1.165) is 56.1 Å². The summed E-state index contributed by atoms with van der Waals surface area (Å²) >= 11 is 0. The third kappa shape index (κ3) is 1.97. The smallest absolute Gasteiger partial charge is 0.344 e. The molecule has 5 aromatic carbocycles. The molecule has 0 amide bonds. The van der Waals surface area contributed by atoms with Gasteiger partial charge in [0.05, 0.1) is 10.9 Å². The van der Waals surface area contributed by atoms with Crippen molar-refractivity contribution in [2.24, 2.45) is 0 Å². The van der Waals surface area contributed by atoms with Crippen LogP contribution in [-0.4, -0.2) is 23.9 Å². The van der Waals surface area contributed by atoms with Crippen LogP contribution in [-0.2, 0) is 9.53 Å². The Kier molecular flexibility index (Phi) is 2.86. The fraction of sp³-hybridized carbons (Fsp3) is 0.133. The molecule has 0 spiro atoms. The van der Waals surface area contributed by atoms with Gasteiger partial charge in [0.1, 0.15) is 6.10 Å². The number of rotatable bonds is 0. The number of hydrogen-bond acceptors (Lipinski definition) is 5. The lowest BCUT2D eigenvalue weighted by Gasteiger charge is -2.17. The van der Waals surface area contributed by atoms with Crippen LogP contribution in [0.15, 0.2) is 51.2 Å². The van der Waals surface area contributed by atoms with E-state index < -0.39 is 11.7 Å². The molecule has 162 valence electrons. The molecule has 2 fully saturated rings. The minimum atomic E-state index is -0.562. The number of epoxide rings is 1. The second kappa shape index (κ2) is 5.59. The highest BCUT2D eigenvalue weighted by Crippen LogP contribution is 2.52. The Bertz CT molecular complexity index is 2170. The monoisotopic (exact) mass is 452 g/mol. The largest absolute Gasteiger partial charge is 0.410 e. The molecule has 5 nitrogen and oxygen atoms in total. The van der Waals surface area contributed by atoms with Gasteiger partial charge in [0.15, 0.2) is 12.0 Å². The molecular formula is C30H12O5. The van der Waals surface area contributed by atoms with E-state index in [9.17, 15) is 14.4 Å². The Labute approximate surface area is 196 Å². The molecule has 35 heavy (non-hydrogen) atoms. The van der Waals surface area contributed by atoms with Gasteiger partial charge in [-0.15, -0.1) is 0 Å². The van der Waals surface area contributed by atoms with Gasteiger partial charge in [-0.05, 0) is 57.7 Å². The molecule has 2 atom stereocenters. The number of benzene rings is 4. The van der Waals surface area contributed by atoms with E-state index in [4.69, 9.17) is 9.15 Å². The van der Waals surface area contributed by atoms with Crippen molar-refractivity contribution in [3.05, 3.63) is 81.1 Å². The minimum Gasteiger partial charge on any atom is -0.410 e. The van der Waals surface area contributed by atoms with Crippen molar-refractivity contribution >= 4 is 71.2 Å². The molecule has 1 aromatic heterocycles. The summed E-state index contributed by atoms with van der Waals surface area (Å²) in [5.41, 5.74) is 3.46. The zero-order valence-electron chi connectivity index (χ0n) is 18.1. The SMILES string of the molecule is O=C=c1oc(=O)c2ccc3c4c#cc5c6c(ccc(c7ccc1c2c37)c64)C(=C1CC1)C1OC1C5=O. The molecular weight excluding hydrogens is 440 g/mol. The Morgan fingerprint density at radius 3 is 2.31 bits per heavy atom. The van der Waals surface area contributed by atoms with E-state index in [1.807, 2.05) is 18.2 Å². The van der Waals surface area contributed by atoms with Crippen LogP contribution in [0.25, 0.3) is 59.4 Å². The number of fused-ring (bicyclic) bond motifs is 3. The fourth-order valence-corrected chi connectivity index (χ4v) is 6.32. The van der Waals surface area contributed by atoms with Crippen LogP contribution in [0.1, 0.15) is 28.8 Å². The fourth-order valence-electron chi connectivity index (χ4n) is 6.32. The Hall–Kier alpha value is -4.49. The van der Waals surface area contributed by atoms with E-state index in [1.165, 1.54) is 11.1 Å². The minimum absolute atomic E-state index is 0.0352. The maximum atomic E-state index is 13.4. The summed E-state index contributed by atoms with van der Waals surface area (Å²) in [4.78, 5) is 37.6. The highest BCUT2D eigenvalue weighted by Gasteiger charge is 2.52. The lowest BCUT2D eigenvalue weighted by Crippen LogP contribution is -2.14. The molecule has 1 saturated heterocycles. The summed E-state index contributed by atoms with van der Waals surface area (Å²) in [5.74, 6) is 1.74. The van der Waals surface area contributed by atoms with Gasteiger partial charge < -0.3 is 9.15 Å². The average Bonchev–Trinajstić information content (AvgIpc) is 3.80. The summed E-state index contributed by atoms with van der Waals surface area (Å²) in [5, 5.41) is 8.08. The molecule has 0 radical (unpaired) electrons. The summed E-state index contributed by atoms with van der Waals surface area (Å²) < 4.78 is 11.1. The third-order valence-electron chi connectivity index (χ3n) is 7.94. The quantitative estimate of drug-likeness (QED) is 0.196. The van der Waals surface area contributed by atoms with Crippen LogP contribution in [0.2, 0.25) is 0 Å². The van der Waals surface area contributed by atoms with Crippen LogP contribution in [0.4, 0.5) is 0 Å². The highest BCUT2D eigenvalue weighted by atomic mass is 16.6. The molecule has 2 unspecified atom stereocenters. The molecule has 1 saturated carbocycles. The maximum Gasteiger partial charge on any atom is 0.344 e. The second-order valence-electron chi connectivity index (χ2n) is 9.66. The van der Waals surface area contributed by atoms with Gasteiger partial charge in [-0.2, -0.15) is 0 Å². The molecule has 2 aliphatic carbocycles. The zero-order chi connectivity index (χ0) is 23.2. The van der Waals surface area contributed by atoms with Crippen molar-refractivity contribution in [2.75, 3.05) is 0 Å². The van der Waals surface area contributed by atoms with Gasteiger partial charge in [-0.25, -0.2) is 9.59 Å². The highest BCUT2D eigenvalue weighted by molar-refractivity contribution is 6.38. The number of hydrogen-bond donors (Lipinski definition) is 0. The van der Waals surface area contributed by atoms with E-state index >= 15 is 0 Å². The molecule has 9 rings (SSSR count). The van der Waals surface area contributed by atoms with Crippen molar-refractivity contribution < 1.29 is 18.7 Å². The zero-order valence-corrected chi connectivity index (χ0v) is 18.1. The van der Waals surface area contributed by atoms with Gasteiger partial charge in [0.2, 0.25) is 11.2 Å². The van der Waals surface area contributed by atoms with Crippen LogP contribution in [0.3, 0.4) is 0 Å².